The Balaban J connectivity index is 0.00000196. The van der Waals surface area contributed by atoms with Crippen LogP contribution in [-0.2, 0) is 13.2 Å². The van der Waals surface area contributed by atoms with Gasteiger partial charge in [0, 0.05) is 30.9 Å². The van der Waals surface area contributed by atoms with Crippen LogP contribution >= 0.6 is 12.4 Å². The summed E-state index contributed by atoms with van der Waals surface area (Å²) in [6.07, 6.45) is 1.55. The molecule has 0 aromatic carbocycles. The van der Waals surface area contributed by atoms with Gasteiger partial charge < -0.3 is 10.2 Å². The summed E-state index contributed by atoms with van der Waals surface area (Å²) < 4.78 is 0. The molecule has 1 aromatic rings. The third-order valence-electron chi connectivity index (χ3n) is 2.01. The van der Waals surface area contributed by atoms with E-state index < -0.39 is 0 Å². The van der Waals surface area contributed by atoms with Crippen LogP contribution in [-0.4, -0.2) is 27.3 Å². The Morgan fingerprint density at radius 1 is 1.53 bits per heavy atom. The van der Waals surface area contributed by atoms with Crippen molar-refractivity contribution >= 4 is 12.4 Å². The average molecular weight is 234 g/mol. The van der Waals surface area contributed by atoms with Gasteiger partial charge in [-0.15, -0.1) is 12.4 Å². The molecule has 4 N–H and O–H groups in total. The monoisotopic (exact) mass is 233 g/mol. The molecule has 15 heavy (non-hydrogen) atoms. The molecule has 0 radical (unpaired) electrons. The van der Waals surface area contributed by atoms with E-state index in [9.17, 15) is 5.11 Å². The second-order valence-corrected chi connectivity index (χ2v) is 3.27. The van der Waals surface area contributed by atoms with Gasteiger partial charge in [-0.1, -0.05) is 0 Å². The van der Waals surface area contributed by atoms with Gasteiger partial charge >= 0.3 is 0 Å². The second kappa shape index (κ2) is 5.87. The van der Waals surface area contributed by atoms with Crippen LogP contribution in [0.4, 0.5) is 0 Å². The zero-order valence-corrected chi connectivity index (χ0v) is 9.58. The number of halogens is 1. The van der Waals surface area contributed by atoms with E-state index >= 15 is 0 Å². The van der Waals surface area contributed by atoms with E-state index in [1.54, 1.807) is 20.2 Å². The highest BCUT2D eigenvalue weighted by Gasteiger charge is 2.11. The number of aliphatic hydroxyl groups is 1. The highest BCUT2D eigenvalue weighted by molar-refractivity contribution is 5.85. The molecule has 86 valence electrons. The summed E-state index contributed by atoms with van der Waals surface area (Å²) in [5, 5.41) is 20.2. The van der Waals surface area contributed by atoms with Crippen molar-refractivity contribution in [3.63, 3.8) is 0 Å². The van der Waals surface area contributed by atoms with Gasteiger partial charge in [-0.2, -0.15) is 0 Å². The maximum atomic E-state index is 9.70. The van der Waals surface area contributed by atoms with Crippen LogP contribution in [0.15, 0.2) is 6.20 Å². The number of hydrazine groups is 1. The van der Waals surface area contributed by atoms with Gasteiger partial charge in [-0.05, 0) is 6.92 Å². The van der Waals surface area contributed by atoms with E-state index in [1.807, 2.05) is 0 Å². The first-order valence-corrected chi connectivity index (χ1v) is 4.29. The minimum Gasteiger partial charge on any atom is -0.506 e. The molecular weight excluding hydrogens is 218 g/mol. The number of hydrogen-bond acceptors (Lipinski definition) is 5. The number of aryl methyl sites for hydroxylation is 1. The van der Waals surface area contributed by atoms with Crippen LogP contribution in [0.5, 0.6) is 5.75 Å². The Bertz CT molecular complexity index is 331. The van der Waals surface area contributed by atoms with Gasteiger partial charge in [0.15, 0.2) is 0 Å². The maximum absolute atomic E-state index is 9.70. The largest absolute Gasteiger partial charge is 0.506 e. The van der Waals surface area contributed by atoms with E-state index in [0.29, 0.717) is 23.4 Å². The van der Waals surface area contributed by atoms with Crippen molar-refractivity contribution < 1.29 is 10.2 Å². The quantitative estimate of drug-likeness (QED) is 0.517. The Labute approximate surface area is 94.9 Å². The smallest absolute Gasteiger partial charge is 0.141 e. The lowest BCUT2D eigenvalue weighted by Crippen LogP contribution is -2.26. The van der Waals surface area contributed by atoms with Gasteiger partial charge in [-0.3, -0.25) is 10.8 Å². The van der Waals surface area contributed by atoms with Crippen molar-refractivity contribution in [1.29, 1.82) is 0 Å². The third kappa shape index (κ3) is 3.32. The average Bonchev–Trinajstić information content (AvgIpc) is 2.13. The lowest BCUT2D eigenvalue weighted by atomic mass is 10.1. The summed E-state index contributed by atoms with van der Waals surface area (Å²) >= 11 is 0. The molecule has 1 aromatic heterocycles. The summed E-state index contributed by atoms with van der Waals surface area (Å²) in [7, 11) is 1.69. The van der Waals surface area contributed by atoms with Crippen LogP contribution in [0.25, 0.3) is 0 Å². The summed E-state index contributed by atoms with van der Waals surface area (Å²) in [6.45, 7) is 1.94. The standard InChI is InChI=1S/C9H15N3O2.ClH/c1-6-9(14)8(4-12(2)10)7(5-13)3-11-6;/h3,13-14H,4-5,10H2,1-2H3;1H. The van der Waals surface area contributed by atoms with Gasteiger partial charge in [0.05, 0.1) is 12.3 Å². The molecule has 0 fully saturated rings. The van der Waals surface area contributed by atoms with Crippen molar-refractivity contribution in [3.8, 4) is 5.75 Å². The zero-order valence-electron chi connectivity index (χ0n) is 8.77. The molecule has 0 aliphatic carbocycles. The van der Waals surface area contributed by atoms with Crippen molar-refractivity contribution in [2.45, 2.75) is 20.1 Å². The predicted molar refractivity (Wildman–Crippen MR) is 59.5 cm³/mol. The van der Waals surface area contributed by atoms with Crippen LogP contribution in [0, 0.1) is 6.92 Å². The first-order chi connectivity index (χ1) is 6.56. The number of pyridine rings is 1. The molecule has 0 saturated heterocycles. The predicted octanol–water partition coefficient (Wildman–Crippen LogP) is 0.315. The highest BCUT2D eigenvalue weighted by atomic mass is 35.5. The number of hydrogen-bond donors (Lipinski definition) is 3. The summed E-state index contributed by atoms with van der Waals surface area (Å²) in [6, 6.07) is 0. The van der Waals surface area contributed by atoms with Crippen LogP contribution in [0.3, 0.4) is 0 Å². The highest BCUT2D eigenvalue weighted by Crippen LogP contribution is 2.24. The molecular formula is C9H16ClN3O2. The number of aromatic hydroxyl groups is 1. The molecule has 5 nitrogen and oxygen atoms in total. The fraction of sp³-hybridized carbons (Fsp3) is 0.444. The lowest BCUT2D eigenvalue weighted by Gasteiger charge is -2.15. The maximum Gasteiger partial charge on any atom is 0.141 e. The van der Waals surface area contributed by atoms with E-state index in [4.69, 9.17) is 10.9 Å². The van der Waals surface area contributed by atoms with Gasteiger partial charge in [0.1, 0.15) is 5.75 Å². The SMILES string of the molecule is Cc1ncc(CO)c(CN(C)N)c1O.Cl. The van der Waals surface area contributed by atoms with E-state index in [0.717, 1.165) is 0 Å². The fourth-order valence-electron chi connectivity index (χ4n) is 1.25. The first kappa shape index (κ1) is 14.1. The number of aromatic nitrogens is 1. The molecule has 0 unspecified atom stereocenters. The van der Waals surface area contributed by atoms with E-state index in [2.05, 4.69) is 4.98 Å². The van der Waals surface area contributed by atoms with Gasteiger partial charge in [0.25, 0.3) is 0 Å². The Morgan fingerprint density at radius 2 is 2.13 bits per heavy atom. The number of aliphatic hydroxyl groups excluding tert-OH is 1. The normalized spacial score (nSPS) is 10.2. The van der Waals surface area contributed by atoms with Crippen molar-refractivity contribution in [2.75, 3.05) is 7.05 Å². The molecule has 0 spiro atoms. The minimum absolute atomic E-state index is 0. The van der Waals surface area contributed by atoms with Crippen molar-refractivity contribution in [1.82, 2.24) is 9.99 Å². The van der Waals surface area contributed by atoms with Crippen LogP contribution < -0.4 is 5.84 Å². The van der Waals surface area contributed by atoms with E-state index in [-0.39, 0.29) is 24.8 Å². The fourth-order valence-corrected chi connectivity index (χ4v) is 1.25. The molecule has 0 atom stereocenters. The molecule has 0 amide bonds. The first-order valence-electron chi connectivity index (χ1n) is 4.29. The number of nitrogens with zero attached hydrogens (tertiary/aromatic N) is 2. The number of rotatable bonds is 3. The van der Waals surface area contributed by atoms with Gasteiger partial charge in [-0.25, -0.2) is 5.01 Å². The number of nitrogens with two attached hydrogens (primary N) is 1. The molecule has 0 saturated carbocycles. The van der Waals surface area contributed by atoms with Crippen molar-refractivity contribution in [2.24, 2.45) is 5.84 Å². The second-order valence-electron chi connectivity index (χ2n) is 3.27. The minimum atomic E-state index is -0.149. The Kier molecular flexibility index (Phi) is 5.53. The summed E-state index contributed by atoms with van der Waals surface area (Å²) in [5.41, 5.74) is 1.77. The van der Waals surface area contributed by atoms with Crippen LogP contribution in [0.2, 0.25) is 0 Å². The third-order valence-corrected chi connectivity index (χ3v) is 2.01. The lowest BCUT2D eigenvalue weighted by molar-refractivity contribution is 0.272. The molecule has 1 heterocycles. The molecule has 6 heteroatoms. The molecule has 0 aliphatic heterocycles. The molecule has 1 rings (SSSR count). The zero-order chi connectivity index (χ0) is 10.7. The van der Waals surface area contributed by atoms with Gasteiger partial charge in [0.2, 0.25) is 0 Å². The Hall–Kier alpha value is -0.880. The summed E-state index contributed by atoms with van der Waals surface area (Å²) in [4.78, 5) is 3.95. The molecule has 0 aliphatic rings. The summed E-state index contributed by atoms with van der Waals surface area (Å²) in [5.74, 6) is 5.59. The Morgan fingerprint density at radius 3 is 2.60 bits per heavy atom. The van der Waals surface area contributed by atoms with Crippen molar-refractivity contribution in [3.05, 3.63) is 23.0 Å². The van der Waals surface area contributed by atoms with Crippen LogP contribution in [0.1, 0.15) is 16.8 Å². The van der Waals surface area contributed by atoms with E-state index in [1.165, 1.54) is 5.01 Å². The topological polar surface area (TPSA) is 82.6 Å². The molecule has 0 bridgehead atoms.